The molecule has 39 heavy (non-hydrogen) atoms. The van der Waals surface area contributed by atoms with Crippen molar-refractivity contribution in [3.63, 3.8) is 0 Å². The van der Waals surface area contributed by atoms with Crippen LogP contribution in [0, 0.1) is 0 Å². The van der Waals surface area contributed by atoms with Crippen molar-refractivity contribution in [3.05, 3.63) is 52.4 Å². The van der Waals surface area contributed by atoms with E-state index in [2.05, 4.69) is 25.8 Å². The third-order valence-electron chi connectivity index (χ3n) is 5.79. The van der Waals surface area contributed by atoms with Crippen molar-refractivity contribution in [2.75, 3.05) is 18.0 Å². The largest absolute Gasteiger partial charge is 0.478 e. The molecular weight excluding hydrogens is 550 g/mol. The summed E-state index contributed by atoms with van der Waals surface area (Å²) in [5.74, 6) is -3.70. The lowest BCUT2D eigenvalue weighted by Gasteiger charge is -2.49. The number of oxime groups is 1. The van der Waals surface area contributed by atoms with Gasteiger partial charge in [0, 0.05) is 36.6 Å². The van der Waals surface area contributed by atoms with Crippen LogP contribution in [0.2, 0.25) is 0 Å². The number of carbonyl (C=O) groups is 4. The minimum Gasteiger partial charge on any atom is -0.478 e. The summed E-state index contributed by atoms with van der Waals surface area (Å²) in [6.45, 7) is 3.21. The number of amides is 2. The van der Waals surface area contributed by atoms with Gasteiger partial charge < -0.3 is 31.4 Å². The summed E-state index contributed by atoms with van der Waals surface area (Å²) in [5.41, 5.74) is 4.91. The Bertz CT molecular complexity index is 1360. The highest BCUT2D eigenvalue weighted by atomic mass is 32.2. The number of carbonyl (C=O) groups excluding carboxylic acids is 2. The van der Waals surface area contributed by atoms with Gasteiger partial charge in [-0.25, -0.2) is 14.6 Å². The highest BCUT2D eigenvalue weighted by molar-refractivity contribution is 8.00. The van der Waals surface area contributed by atoms with Crippen molar-refractivity contribution < 1.29 is 34.2 Å². The normalized spacial score (nSPS) is 19.3. The molecule has 2 aromatic rings. The number of aromatic nitrogens is 2. The van der Waals surface area contributed by atoms with Crippen molar-refractivity contribution in [1.82, 2.24) is 25.5 Å². The SMILES string of the molecule is CC(C)(O/N=C(\C(=O)NC1C(=O)N2C(C(=O)O)=C(CNCc3cccnc3)CS[C@H]12)c1csc(N)n1)C(=O)O. The molecule has 2 aromatic heterocycles. The third kappa shape index (κ3) is 6.02. The van der Waals surface area contributed by atoms with Crippen molar-refractivity contribution in [2.45, 2.75) is 37.4 Å². The zero-order valence-electron chi connectivity index (χ0n) is 20.8. The van der Waals surface area contributed by atoms with E-state index in [0.29, 0.717) is 17.9 Å². The van der Waals surface area contributed by atoms with Crippen LogP contribution < -0.4 is 16.4 Å². The first-order chi connectivity index (χ1) is 18.5. The Labute approximate surface area is 230 Å². The zero-order chi connectivity index (χ0) is 28.3. The third-order valence-corrected chi connectivity index (χ3v) is 7.80. The van der Waals surface area contributed by atoms with Crippen LogP contribution in [0.25, 0.3) is 0 Å². The summed E-state index contributed by atoms with van der Waals surface area (Å²) in [6.07, 6.45) is 3.35. The van der Waals surface area contributed by atoms with E-state index in [-0.39, 0.29) is 28.8 Å². The van der Waals surface area contributed by atoms with Gasteiger partial charge in [-0.05, 0) is 31.1 Å². The van der Waals surface area contributed by atoms with Gasteiger partial charge in [-0.3, -0.25) is 19.5 Å². The second kappa shape index (κ2) is 11.4. The van der Waals surface area contributed by atoms with Crippen molar-refractivity contribution in [3.8, 4) is 0 Å². The maximum absolute atomic E-state index is 13.1. The number of nitrogen functional groups attached to an aromatic ring is 1. The molecule has 2 amide bonds. The molecule has 1 unspecified atom stereocenters. The lowest BCUT2D eigenvalue weighted by atomic mass is 10.0. The molecule has 16 heteroatoms. The fraction of sp³-hybridized carbons (Fsp3) is 0.348. The predicted octanol–water partition coefficient (Wildman–Crippen LogP) is 0.233. The first kappa shape index (κ1) is 28.0. The number of carboxylic acids is 2. The average molecular weight is 576 g/mol. The van der Waals surface area contributed by atoms with Gasteiger partial charge in [0.2, 0.25) is 5.60 Å². The van der Waals surface area contributed by atoms with Crippen LogP contribution in [-0.4, -0.2) is 83.9 Å². The van der Waals surface area contributed by atoms with E-state index in [9.17, 15) is 29.4 Å². The molecule has 0 bridgehead atoms. The maximum Gasteiger partial charge on any atom is 0.352 e. The summed E-state index contributed by atoms with van der Waals surface area (Å²) < 4.78 is 0. The highest BCUT2D eigenvalue weighted by Crippen LogP contribution is 2.40. The molecule has 0 aliphatic carbocycles. The van der Waals surface area contributed by atoms with Gasteiger partial charge in [0.1, 0.15) is 22.8 Å². The predicted molar refractivity (Wildman–Crippen MR) is 141 cm³/mol. The van der Waals surface area contributed by atoms with E-state index >= 15 is 0 Å². The first-order valence-corrected chi connectivity index (χ1v) is 13.4. The van der Waals surface area contributed by atoms with Crippen LogP contribution in [0.5, 0.6) is 0 Å². The highest BCUT2D eigenvalue weighted by Gasteiger charge is 2.54. The number of hydrogen-bond donors (Lipinski definition) is 5. The van der Waals surface area contributed by atoms with E-state index in [0.717, 1.165) is 21.8 Å². The lowest BCUT2D eigenvalue weighted by molar-refractivity contribution is -0.161. The number of thioether (sulfide) groups is 1. The summed E-state index contributed by atoms with van der Waals surface area (Å²) in [5, 5.41) is 29.5. The number of carboxylic acid groups (broad SMARTS) is 2. The second-order valence-corrected chi connectivity index (χ2v) is 11.0. The Hall–Kier alpha value is -4.02. The number of fused-ring (bicyclic) bond motifs is 1. The smallest absolute Gasteiger partial charge is 0.352 e. The van der Waals surface area contributed by atoms with Crippen LogP contribution >= 0.6 is 23.1 Å². The van der Waals surface area contributed by atoms with E-state index in [1.165, 1.54) is 31.0 Å². The van der Waals surface area contributed by atoms with Crippen LogP contribution in [0.3, 0.4) is 0 Å². The standard InChI is InChI=1S/C23H25N7O7S2/c1-23(2,21(35)36)37-29-14(13-10-39-22(24)27-13)17(31)28-15-18(32)30-16(20(33)34)12(9-38-19(15)30)8-26-7-11-4-3-5-25-6-11/h3-6,10,15,19,26H,7-9H2,1-2H3,(H2,24,27)(H,28,31)(H,33,34)(H,35,36)/b29-14-/t15?,19-/m1/s1. The van der Waals surface area contributed by atoms with E-state index < -0.39 is 40.8 Å². The number of nitrogens with zero attached hydrogens (tertiary/aromatic N) is 4. The fourth-order valence-corrected chi connectivity index (χ4v) is 5.58. The van der Waals surface area contributed by atoms with Crippen molar-refractivity contribution >= 4 is 57.7 Å². The zero-order valence-corrected chi connectivity index (χ0v) is 22.4. The minimum atomic E-state index is -1.75. The van der Waals surface area contributed by atoms with Crippen molar-refractivity contribution in [2.24, 2.45) is 5.16 Å². The average Bonchev–Trinajstić information content (AvgIpc) is 3.32. The number of β-lactam (4-membered cyclic amide) rings is 1. The van der Waals surface area contributed by atoms with Crippen LogP contribution in [0.15, 0.2) is 46.3 Å². The molecular formula is C23H25N7O7S2. The van der Waals surface area contributed by atoms with Gasteiger partial charge in [0.15, 0.2) is 10.8 Å². The number of anilines is 1. The number of rotatable bonds is 11. The Kier molecular flexibility index (Phi) is 8.17. The van der Waals surface area contributed by atoms with E-state index in [4.69, 9.17) is 10.6 Å². The number of pyridine rings is 1. The Balaban J connectivity index is 1.48. The van der Waals surface area contributed by atoms with Gasteiger partial charge in [0.05, 0.1) is 0 Å². The summed E-state index contributed by atoms with van der Waals surface area (Å²) in [4.78, 5) is 64.0. The number of nitrogens with one attached hydrogen (secondary N) is 2. The number of aliphatic carboxylic acids is 2. The van der Waals surface area contributed by atoms with Gasteiger partial charge in [-0.2, -0.15) is 0 Å². The first-order valence-electron chi connectivity index (χ1n) is 11.5. The van der Waals surface area contributed by atoms with Crippen LogP contribution in [0.1, 0.15) is 25.1 Å². The number of nitrogens with two attached hydrogens (primary N) is 1. The molecule has 206 valence electrons. The molecule has 4 heterocycles. The lowest BCUT2D eigenvalue weighted by Crippen LogP contribution is -2.71. The molecule has 4 rings (SSSR count). The number of thiazole rings is 1. The molecule has 1 saturated heterocycles. The maximum atomic E-state index is 13.1. The molecule has 0 spiro atoms. The van der Waals surface area contributed by atoms with Gasteiger partial charge in [0.25, 0.3) is 11.8 Å². The molecule has 6 N–H and O–H groups in total. The quantitative estimate of drug-likeness (QED) is 0.139. The Morgan fingerprint density at radius 2 is 2.08 bits per heavy atom. The summed E-state index contributed by atoms with van der Waals surface area (Å²) in [6, 6.07) is 2.64. The van der Waals surface area contributed by atoms with Gasteiger partial charge >= 0.3 is 11.9 Å². The van der Waals surface area contributed by atoms with Crippen LogP contribution in [-0.2, 0) is 30.6 Å². The van der Waals surface area contributed by atoms with Gasteiger partial charge in [-0.15, -0.1) is 23.1 Å². The molecule has 14 nitrogen and oxygen atoms in total. The molecule has 0 aromatic carbocycles. The van der Waals surface area contributed by atoms with E-state index in [1.54, 1.807) is 18.5 Å². The summed E-state index contributed by atoms with van der Waals surface area (Å²) in [7, 11) is 0. The minimum absolute atomic E-state index is 0.0317. The fourth-order valence-electron chi connectivity index (χ4n) is 3.69. The second-order valence-electron chi connectivity index (χ2n) is 9.00. The molecule has 2 atom stereocenters. The van der Waals surface area contributed by atoms with Crippen molar-refractivity contribution in [1.29, 1.82) is 0 Å². The number of hydrogen-bond acceptors (Lipinski definition) is 12. The topological polar surface area (TPSA) is 209 Å². The summed E-state index contributed by atoms with van der Waals surface area (Å²) >= 11 is 2.34. The van der Waals surface area contributed by atoms with Gasteiger partial charge in [-0.1, -0.05) is 11.2 Å². The monoisotopic (exact) mass is 575 g/mol. The molecule has 0 saturated carbocycles. The van der Waals surface area contributed by atoms with E-state index in [1.807, 2.05) is 6.07 Å². The molecule has 0 radical (unpaired) electrons. The van der Waals surface area contributed by atoms with Crippen LogP contribution in [0.4, 0.5) is 5.13 Å². The molecule has 2 aliphatic rings. The Morgan fingerprint density at radius 1 is 1.31 bits per heavy atom. The molecule has 2 aliphatic heterocycles. The Morgan fingerprint density at radius 3 is 2.69 bits per heavy atom. The molecule has 1 fully saturated rings.